The Labute approximate surface area is 89.0 Å². The van der Waals surface area contributed by atoms with E-state index in [1.54, 1.807) is 0 Å². The second-order valence-corrected chi connectivity index (χ2v) is 3.58. The summed E-state index contributed by atoms with van der Waals surface area (Å²) in [6, 6.07) is 0. The molecule has 0 fully saturated rings. The molecule has 0 aromatic carbocycles. The minimum Gasteiger partial charge on any atom is -0.379 e. The standard InChI is InChI=1S/C12H26O2/c1-3-5-6-7-8-9-10-14-12-11-13-4-2/h3-12H2,1-2H3. The zero-order valence-corrected chi connectivity index (χ0v) is 9.89. The van der Waals surface area contributed by atoms with Crippen molar-refractivity contribution in [3.63, 3.8) is 0 Å². The van der Waals surface area contributed by atoms with E-state index in [9.17, 15) is 0 Å². The third-order valence-electron chi connectivity index (χ3n) is 2.22. The van der Waals surface area contributed by atoms with E-state index in [1.165, 1.54) is 38.5 Å². The van der Waals surface area contributed by atoms with Crippen molar-refractivity contribution < 1.29 is 9.47 Å². The Morgan fingerprint density at radius 1 is 0.643 bits per heavy atom. The predicted molar refractivity (Wildman–Crippen MR) is 60.7 cm³/mol. The Morgan fingerprint density at radius 3 is 2.00 bits per heavy atom. The fraction of sp³-hybridized carbons (Fsp3) is 1.00. The third kappa shape index (κ3) is 11.9. The van der Waals surface area contributed by atoms with Crippen molar-refractivity contribution in [1.82, 2.24) is 0 Å². The van der Waals surface area contributed by atoms with Crippen LogP contribution in [0.2, 0.25) is 0 Å². The fourth-order valence-corrected chi connectivity index (χ4v) is 1.35. The summed E-state index contributed by atoms with van der Waals surface area (Å²) in [7, 11) is 0. The maximum atomic E-state index is 5.42. The van der Waals surface area contributed by atoms with E-state index in [-0.39, 0.29) is 0 Å². The van der Waals surface area contributed by atoms with Crippen molar-refractivity contribution in [3.8, 4) is 0 Å². The second kappa shape index (κ2) is 12.9. The average molecular weight is 202 g/mol. The van der Waals surface area contributed by atoms with E-state index >= 15 is 0 Å². The van der Waals surface area contributed by atoms with Crippen molar-refractivity contribution in [3.05, 3.63) is 0 Å². The summed E-state index contributed by atoms with van der Waals surface area (Å²) in [6.07, 6.45) is 7.97. The van der Waals surface area contributed by atoms with Crippen LogP contribution in [0.5, 0.6) is 0 Å². The molecular formula is C12H26O2. The van der Waals surface area contributed by atoms with Gasteiger partial charge in [0.05, 0.1) is 13.2 Å². The van der Waals surface area contributed by atoms with Crippen LogP contribution in [0.15, 0.2) is 0 Å². The number of ether oxygens (including phenoxy) is 2. The molecule has 0 N–H and O–H groups in total. The molecule has 0 unspecified atom stereocenters. The molecule has 2 nitrogen and oxygen atoms in total. The molecule has 0 saturated heterocycles. The Kier molecular flexibility index (Phi) is 12.8. The maximum Gasteiger partial charge on any atom is 0.0700 e. The summed E-state index contributed by atoms with van der Waals surface area (Å²) < 4.78 is 10.6. The largest absolute Gasteiger partial charge is 0.379 e. The molecule has 0 saturated carbocycles. The average Bonchev–Trinajstić information content (AvgIpc) is 2.21. The van der Waals surface area contributed by atoms with E-state index in [0.717, 1.165) is 26.4 Å². The van der Waals surface area contributed by atoms with E-state index in [2.05, 4.69) is 6.92 Å². The van der Waals surface area contributed by atoms with Gasteiger partial charge in [-0.05, 0) is 13.3 Å². The second-order valence-electron chi connectivity index (χ2n) is 3.58. The summed E-state index contributed by atoms with van der Waals surface area (Å²) in [5.41, 5.74) is 0. The zero-order valence-electron chi connectivity index (χ0n) is 9.89. The van der Waals surface area contributed by atoms with Gasteiger partial charge in [0.25, 0.3) is 0 Å². The highest BCUT2D eigenvalue weighted by Gasteiger charge is 1.91. The first kappa shape index (κ1) is 13.9. The smallest absolute Gasteiger partial charge is 0.0700 e. The van der Waals surface area contributed by atoms with Crippen LogP contribution in [0.25, 0.3) is 0 Å². The van der Waals surface area contributed by atoms with Crippen molar-refractivity contribution in [2.75, 3.05) is 26.4 Å². The van der Waals surface area contributed by atoms with Gasteiger partial charge >= 0.3 is 0 Å². The predicted octanol–water partition coefficient (Wildman–Crippen LogP) is 3.40. The summed E-state index contributed by atoms with van der Waals surface area (Å²) in [5.74, 6) is 0. The number of hydrogen-bond donors (Lipinski definition) is 0. The first-order valence-corrected chi connectivity index (χ1v) is 6.07. The van der Waals surface area contributed by atoms with Crippen LogP contribution < -0.4 is 0 Å². The molecule has 14 heavy (non-hydrogen) atoms. The summed E-state index contributed by atoms with van der Waals surface area (Å²) in [5, 5.41) is 0. The molecule has 0 aliphatic rings. The molecule has 0 aromatic rings. The molecule has 2 heteroatoms. The van der Waals surface area contributed by atoms with Crippen LogP contribution in [0.3, 0.4) is 0 Å². The monoisotopic (exact) mass is 202 g/mol. The molecule has 0 rings (SSSR count). The topological polar surface area (TPSA) is 18.5 Å². The molecule has 0 heterocycles. The molecule has 0 aliphatic heterocycles. The van der Waals surface area contributed by atoms with Crippen molar-refractivity contribution in [2.24, 2.45) is 0 Å². The van der Waals surface area contributed by atoms with E-state index in [4.69, 9.17) is 9.47 Å². The van der Waals surface area contributed by atoms with Gasteiger partial charge in [0, 0.05) is 13.2 Å². The molecule has 0 amide bonds. The van der Waals surface area contributed by atoms with Gasteiger partial charge < -0.3 is 9.47 Å². The highest BCUT2D eigenvalue weighted by Crippen LogP contribution is 2.04. The third-order valence-corrected chi connectivity index (χ3v) is 2.22. The van der Waals surface area contributed by atoms with Gasteiger partial charge in [-0.2, -0.15) is 0 Å². The van der Waals surface area contributed by atoms with Crippen molar-refractivity contribution in [2.45, 2.75) is 52.4 Å². The highest BCUT2D eigenvalue weighted by atomic mass is 16.5. The first-order valence-electron chi connectivity index (χ1n) is 6.07. The van der Waals surface area contributed by atoms with Crippen LogP contribution in [-0.2, 0) is 9.47 Å². The number of rotatable bonds is 11. The van der Waals surface area contributed by atoms with Gasteiger partial charge in [-0.25, -0.2) is 0 Å². The van der Waals surface area contributed by atoms with Gasteiger partial charge in [-0.3, -0.25) is 0 Å². The lowest BCUT2D eigenvalue weighted by Crippen LogP contribution is -2.04. The van der Waals surface area contributed by atoms with Gasteiger partial charge in [-0.15, -0.1) is 0 Å². The lowest BCUT2D eigenvalue weighted by atomic mass is 10.1. The van der Waals surface area contributed by atoms with E-state index in [1.807, 2.05) is 6.92 Å². The summed E-state index contributed by atoms with van der Waals surface area (Å²) in [4.78, 5) is 0. The lowest BCUT2D eigenvalue weighted by molar-refractivity contribution is 0.0512. The summed E-state index contributed by atoms with van der Waals surface area (Å²) in [6.45, 7) is 7.44. The molecule has 0 bridgehead atoms. The molecule has 0 radical (unpaired) electrons. The van der Waals surface area contributed by atoms with Gasteiger partial charge in [0.15, 0.2) is 0 Å². The minimum absolute atomic E-state index is 0.742. The van der Waals surface area contributed by atoms with Crippen LogP contribution >= 0.6 is 0 Å². The van der Waals surface area contributed by atoms with Crippen molar-refractivity contribution in [1.29, 1.82) is 0 Å². The SMILES string of the molecule is CCCCCCCCOCCOCC. The van der Waals surface area contributed by atoms with Gasteiger partial charge in [-0.1, -0.05) is 39.0 Å². The number of unbranched alkanes of at least 4 members (excludes halogenated alkanes) is 5. The normalized spacial score (nSPS) is 10.7. The molecule has 0 spiro atoms. The van der Waals surface area contributed by atoms with Crippen LogP contribution in [0.1, 0.15) is 52.4 Å². The Bertz CT molecular complexity index is 82.3. The summed E-state index contributed by atoms with van der Waals surface area (Å²) >= 11 is 0. The zero-order chi connectivity index (χ0) is 10.5. The van der Waals surface area contributed by atoms with Gasteiger partial charge in [0.2, 0.25) is 0 Å². The van der Waals surface area contributed by atoms with Crippen molar-refractivity contribution >= 4 is 0 Å². The lowest BCUT2D eigenvalue weighted by Gasteiger charge is -2.04. The molecule has 0 atom stereocenters. The maximum absolute atomic E-state index is 5.42. The van der Waals surface area contributed by atoms with Crippen LogP contribution in [0.4, 0.5) is 0 Å². The van der Waals surface area contributed by atoms with E-state index in [0.29, 0.717) is 0 Å². The molecule has 0 aromatic heterocycles. The highest BCUT2D eigenvalue weighted by molar-refractivity contribution is 4.43. The first-order chi connectivity index (χ1) is 6.91. The molecular weight excluding hydrogens is 176 g/mol. The molecule has 86 valence electrons. The fourth-order valence-electron chi connectivity index (χ4n) is 1.35. The minimum atomic E-state index is 0.742. The van der Waals surface area contributed by atoms with Crippen LogP contribution in [-0.4, -0.2) is 26.4 Å². The Balaban J connectivity index is 2.78. The quantitative estimate of drug-likeness (QED) is 0.478. The Hall–Kier alpha value is -0.0800. The molecule has 0 aliphatic carbocycles. The van der Waals surface area contributed by atoms with Crippen LogP contribution in [0, 0.1) is 0 Å². The van der Waals surface area contributed by atoms with E-state index < -0.39 is 0 Å². The Morgan fingerprint density at radius 2 is 1.29 bits per heavy atom. The number of hydrogen-bond acceptors (Lipinski definition) is 2. The van der Waals surface area contributed by atoms with Gasteiger partial charge in [0.1, 0.15) is 0 Å².